The molecule has 0 aromatic carbocycles. The summed E-state index contributed by atoms with van der Waals surface area (Å²) in [6, 6.07) is 0. The van der Waals surface area contributed by atoms with Crippen LogP contribution >= 0.6 is 0 Å². The third kappa shape index (κ3) is 20.2. The molecule has 0 aliphatic heterocycles. The van der Waals surface area contributed by atoms with Gasteiger partial charge in [-0.1, -0.05) is 80.1 Å². The predicted molar refractivity (Wildman–Crippen MR) is 116 cm³/mol. The Balaban J connectivity index is 3.24. The van der Waals surface area contributed by atoms with Gasteiger partial charge in [0.2, 0.25) is 0 Å². The monoisotopic (exact) mass is 370 g/mol. The SMILES string of the molecule is CC(C)CCCC(C)CCOCCCCOCCC(C)CCCC(C)C. The van der Waals surface area contributed by atoms with E-state index in [2.05, 4.69) is 41.5 Å². The van der Waals surface area contributed by atoms with E-state index in [9.17, 15) is 0 Å². The lowest BCUT2D eigenvalue weighted by Gasteiger charge is -2.13. The van der Waals surface area contributed by atoms with Crippen LogP contribution in [0.15, 0.2) is 0 Å². The van der Waals surface area contributed by atoms with Crippen LogP contribution in [-0.4, -0.2) is 26.4 Å². The lowest BCUT2D eigenvalue weighted by molar-refractivity contribution is 0.0914. The van der Waals surface area contributed by atoms with Crippen molar-refractivity contribution in [3.05, 3.63) is 0 Å². The van der Waals surface area contributed by atoms with Crippen LogP contribution in [0.1, 0.15) is 106 Å². The highest BCUT2D eigenvalue weighted by Crippen LogP contribution is 2.16. The molecule has 0 amide bonds. The number of hydrogen-bond donors (Lipinski definition) is 0. The van der Waals surface area contributed by atoms with Crippen LogP contribution in [0.5, 0.6) is 0 Å². The van der Waals surface area contributed by atoms with Gasteiger partial charge >= 0.3 is 0 Å². The zero-order valence-corrected chi connectivity index (χ0v) is 19.0. The molecule has 2 nitrogen and oxygen atoms in total. The third-order valence-corrected chi connectivity index (χ3v) is 5.29. The van der Waals surface area contributed by atoms with Crippen LogP contribution in [0.3, 0.4) is 0 Å². The minimum atomic E-state index is 0.805. The van der Waals surface area contributed by atoms with Crippen molar-refractivity contribution in [2.75, 3.05) is 26.4 Å². The van der Waals surface area contributed by atoms with E-state index in [-0.39, 0.29) is 0 Å². The molecule has 2 unspecified atom stereocenters. The number of hydrogen-bond acceptors (Lipinski definition) is 2. The minimum Gasteiger partial charge on any atom is -0.381 e. The van der Waals surface area contributed by atoms with Crippen LogP contribution in [0.25, 0.3) is 0 Å². The highest BCUT2D eigenvalue weighted by atomic mass is 16.5. The van der Waals surface area contributed by atoms with E-state index in [4.69, 9.17) is 9.47 Å². The van der Waals surface area contributed by atoms with Crippen molar-refractivity contribution >= 4 is 0 Å². The molecule has 0 heterocycles. The molecule has 0 bridgehead atoms. The van der Waals surface area contributed by atoms with Gasteiger partial charge in [-0.2, -0.15) is 0 Å². The molecule has 2 atom stereocenters. The van der Waals surface area contributed by atoms with Gasteiger partial charge < -0.3 is 9.47 Å². The zero-order chi connectivity index (χ0) is 19.6. The van der Waals surface area contributed by atoms with E-state index in [1.54, 1.807) is 0 Å². The van der Waals surface area contributed by atoms with Gasteiger partial charge in [0.25, 0.3) is 0 Å². The van der Waals surface area contributed by atoms with Crippen molar-refractivity contribution in [1.29, 1.82) is 0 Å². The molecule has 0 aliphatic rings. The maximum atomic E-state index is 5.78. The first kappa shape index (κ1) is 25.9. The summed E-state index contributed by atoms with van der Waals surface area (Å²) in [5.74, 6) is 3.29. The molecular weight excluding hydrogens is 320 g/mol. The smallest absolute Gasteiger partial charge is 0.0468 e. The molecular formula is C24H50O2. The van der Waals surface area contributed by atoms with Crippen molar-refractivity contribution in [2.24, 2.45) is 23.7 Å². The van der Waals surface area contributed by atoms with Gasteiger partial charge in [-0.05, 0) is 49.4 Å². The van der Waals surface area contributed by atoms with Crippen LogP contribution < -0.4 is 0 Å². The van der Waals surface area contributed by atoms with Crippen LogP contribution in [-0.2, 0) is 9.47 Å². The molecule has 0 aromatic heterocycles. The maximum Gasteiger partial charge on any atom is 0.0468 e. The second-order valence-electron chi connectivity index (χ2n) is 9.37. The predicted octanol–water partition coefficient (Wildman–Crippen LogP) is 7.50. The average Bonchev–Trinajstić information content (AvgIpc) is 2.55. The second-order valence-corrected chi connectivity index (χ2v) is 9.37. The Labute approximate surface area is 165 Å². The Morgan fingerprint density at radius 1 is 0.423 bits per heavy atom. The number of ether oxygens (including phenoxy) is 2. The Bertz CT molecular complexity index is 247. The fraction of sp³-hybridized carbons (Fsp3) is 1.00. The van der Waals surface area contributed by atoms with Gasteiger partial charge in [-0.3, -0.25) is 0 Å². The molecule has 26 heavy (non-hydrogen) atoms. The lowest BCUT2D eigenvalue weighted by atomic mass is 9.98. The van der Waals surface area contributed by atoms with Gasteiger partial charge in [-0.25, -0.2) is 0 Å². The molecule has 0 N–H and O–H groups in total. The third-order valence-electron chi connectivity index (χ3n) is 5.29. The molecule has 0 aliphatic carbocycles. The van der Waals surface area contributed by atoms with E-state index in [0.29, 0.717) is 0 Å². The van der Waals surface area contributed by atoms with Crippen LogP contribution in [0.2, 0.25) is 0 Å². The molecule has 0 saturated heterocycles. The first-order chi connectivity index (χ1) is 12.4. The molecule has 0 radical (unpaired) electrons. The first-order valence-electron chi connectivity index (χ1n) is 11.6. The second kappa shape index (κ2) is 18.3. The largest absolute Gasteiger partial charge is 0.381 e. The topological polar surface area (TPSA) is 18.5 Å². The first-order valence-corrected chi connectivity index (χ1v) is 11.6. The van der Waals surface area contributed by atoms with E-state index in [1.165, 1.54) is 51.4 Å². The molecule has 0 rings (SSSR count). The van der Waals surface area contributed by atoms with Crippen molar-refractivity contribution in [1.82, 2.24) is 0 Å². The fourth-order valence-electron chi connectivity index (χ4n) is 3.22. The molecule has 158 valence electrons. The van der Waals surface area contributed by atoms with E-state index >= 15 is 0 Å². The fourth-order valence-corrected chi connectivity index (χ4v) is 3.22. The normalized spacial score (nSPS) is 14.3. The summed E-state index contributed by atoms with van der Waals surface area (Å²) in [5.41, 5.74) is 0. The summed E-state index contributed by atoms with van der Waals surface area (Å²) in [4.78, 5) is 0. The van der Waals surface area contributed by atoms with Gasteiger partial charge in [0.15, 0.2) is 0 Å². The van der Waals surface area contributed by atoms with E-state index < -0.39 is 0 Å². The Hall–Kier alpha value is -0.0800. The van der Waals surface area contributed by atoms with Gasteiger partial charge in [0.1, 0.15) is 0 Å². The summed E-state index contributed by atoms with van der Waals surface area (Å²) >= 11 is 0. The van der Waals surface area contributed by atoms with E-state index in [0.717, 1.165) is 62.9 Å². The molecule has 0 fully saturated rings. The molecule has 2 heteroatoms. The highest BCUT2D eigenvalue weighted by molar-refractivity contribution is 4.56. The van der Waals surface area contributed by atoms with Gasteiger partial charge in [0, 0.05) is 26.4 Å². The van der Waals surface area contributed by atoms with Crippen molar-refractivity contribution < 1.29 is 9.47 Å². The van der Waals surface area contributed by atoms with Crippen molar-refractivity contribution in [3.63, 3.8) is 0 Å². The Morgan fingerprint density at radius 2 is 0.808 bits per heavy atom. The summed E-state index contributed by atoms with van der Waals surface area (Å²) in [7, 11) is 0. The minimum absolute atomic E-state index is 0.805. The van der Waals surface area contributed by atoms with Crippen molar-refractivity contribution in [2.45, 2.75) is 106 Å². The number of rotatable bonds is 19. The average molecular weight is 371 g/mol. The highest BCUT2D eigenvalue weighted by Gasteiger charge is 2.04. The lowest BCUT2D eigenvalue weighted by Crippen LogP contribution is -2.06. The molecule has 0 spiro atoms. The van der Waals surface area contributed by atoms with Crippen LogP contribution in [0.4, 0.5) is 0 Å². The summed E-state index contributed by atoms with van der Waals surface area (Å²) in [6.07, 6.45) is 12.9. The number of unbranched alkanes of at least 4 members (excludes halogenated alkanes) is 1. The zero-order valence-electron chi connectivity index (χ0n) is 19.0. The summed E-state index contributed by atoms with van der Waals surface area (Å²) in [6.45, 7) is 17.6. The standard InChI is InChI=1S/C24H50O2/c1-21(2)11-9-13-23(5)15-19-25-17-7-8-18-26-20-16-24(6)14-10-12-22(3)4/h21-24H,7-20H2,1-6H3. The summed E-state index contributed by atoms with van der Waals surface area (Å²) in [5, 5.41) is 0. The molecule has 0 aromatic rings. The van der Waals surface area contributed by atoms with Crippen molar-refractivity contribution in [3.8, 4) is 0 Å². The van der Waals surface area contributed by atoms with Gasteiger partial charge in [0.05, 0.1) is 0 Å². The van der Waals surface area contributed by atoms with Crippen LogP contribution in [0, 0.1) is 23.7 Å². The molecule has 0 saturated carbocycles. The summed E-state index contributed by atoms with van der Waals surface area (Å²) < 4.78 is 11.6. The quantitative estimate of drug-likeness (QED) is 0.219. The Kier molecular flexibility index (Phi) is 18.2. The van der Waals surface area contributed by atoms with E-state index in [1.807, 2.05) is 0 Å². The maximum absolute atomic E-state index is 5.78. The van der Waals surface area contributed by atoms with Gasteiger partial charge in [-0.15, -0.1) is 0 Å². The Morgan fingerprint density at radius 3 is 1.15 bits per heavy atom.